The fourth-order valence-electron chi connectivity index (χ4n) is 3.02. The van der Waals surface area contributed by atoms with Crippen molar-refractivity contribution < 1.29 is 14.7 Å². The molecular formula is C23H22N2O3S2. The Morgan fingerprint density at radius 3 is 2.40 bits per heavy atom. The molecule has 0 aromatic heterocycles. The number of aliphatic hydroxyl groups excluding tert-OH is 1. The Balaban J connectivity index is 1.74. The van der Waals surface area contributed by atoms with Gasteiger partial charge < -0.3 is 10.0 Å². The summed E-state index contributed by atoms with van der Waals surface area (Å²) >= 11 is 6.54. The van der Waals surface area contributed by atoms with Crippen LogP contribution < -0.4 is 4.90 Å². The van der Waals surface area contributed by atoms with Crippen molar-refractivity contribution in [3.05, 3.63) is 82.8 Å². The summed E-state index contributed by atoms with van der Waals surface area (Å²) < 4.78 is 0.351. The topological polar surface area (TPSA) is 60.9 Å². The first-order chi connectivity index (χ1) is 14.5. The summed E-state index contributed by atoms with van der Waals surface area (Å²) in [6.07, 6.45) is 3.77. The maximum Gasteiger partial charge on any atom is 0.266 e. The minimum atomic E-state index is -0.302. The third-order valence-corrected chi connectivity index (χ3v) is 5.79. The monoisotopic (exact) mass is 438 g/mol. The van der Waals surface area contributed by atoms with Gasteiger partial charge in [-0.15, -0.1) is 0 Å². The van der Waals surface area contributed by atoms with Crippen molar-refractivity contribution in [3.8, 4) is 0 Å². The van der Waals surface area contributed by atoms with E-state index in [0.29, 0.717) is 14.9 Å². The van der Waals surface area contributed by atoms with Gasteiger partial charge in [0.15, 0.2) is 0 Å². The van der Waals surface area contributed by atoms with Crippen LogP contribution >= 0.6 is 24.0 Å². The Kier molecular flexibility index (Phi) is 7.57. The van der Waals surface area contributed by atoms with Gasteiger partial charge in [0.05, 0.1) is 11.5 Å². The molecule has 2 aromatic carbocycles. The zero-order chi connectivity index (χ0) is 21.5. The standard InChI is InChI=1S/C23H22N2O3S2/c1-17(14-18-8-4-2-5-9-18)15-20-22(28)25(23(29)30-20)16-21(27)24(12-13-26)19-10-6-3-7-11-19/h2-11,14-15,26H,12-13,16H2,1H3/b17-14+,20-15+. The van der Waals surface area contributed by atoms with Crippen LogP contribution in [0.1, 0.15) is 12.5 Å². The average molecular weight is 439 g/mol. The van der Waals surface area contributed by atoms with Crippen molar-refractivity contribution in [3.63, 3.8) is 0 Å². The molecule has 1 aliphatic rings. The summed E-state index contributed by atoms with van der Waals surface area (Å²) in [5.41, 5.74) is 2.62. The smallest absolute Gasteiger partial charge is 0.266 e. The van der Waals surface area contributed by atoms with Gasteiger partial charge in [0.2, 0.25) is 5.91 Å². The van der Waals surface area contributed by atoms with Crippen LogP contribution in [0, 0.1) is 0 Å². The number of hydrogen-bond acceptors (Lipinski definition) is 5. The molecule has 154 valence electrons. The number of allylic oxidation sites excluding steroid dienone is 2. The Hall–Kier alpha value is -2.74. The fraction of sp³-hybridized carbons (Fsp3) is 0.174. The molecule has 3 rings (SSSR count). The maximum atomic E-state index is 12.9. The first-order valence-corrected chi connectivity index (χ1v) is 10.7. The van der Waals surface area contributed by atoms with Gasteiger partial charge in [0, 0.05) is 12.2 Å². The molecule has 1 fully saturated rings. The average Bonchev–Trinajstić information content (AvgIpc) is 3.00. The van der Waals surface area contributed by atoms with Crippen LogP contribution in [0.5, 0.6) is 0 Å². The van der Waals surface area contributed by atoms with E-state index in [9.17, 15) is 14.7 Å². The Bertz CT molecular complexity index is 988. The normalized spacial score (nSPS) is 15.7. The molecule has 1 saturated heterocycles. The lowest BCUT2D eigenvalue weighted by molar-refractivity contribution is -0.127. The van der Waals surface area contributed by atoms with E-state index in [-0.39, 0.29) is 31.5 Å². The molecule has 30 heavy (non-hydrogen) atoms. The highest BCUT2D eigenvalue weighted by atomic mass is 32.2. The number of carbonyl (C=O) groups is 2. The van der Waals surface area contributed by atoms with Crippen molar-refractivity contribution in [1.29, 1.82) is 0 Å². The molecule has 0 aliphatic carbocycles. The van der Waals surface area contributed by atoms with Crippen LogP contribution in [0.2, 0.25) is 0 Å². The highest BCUT2D eigenvalue weighted by Crippen LogP contribution is 2.32. The van der Waals surface area contributed by atoms with Crippen molar-refractivity contribution in [1.82, 2.24) is 4.90 Å². The van der Waals surface area contributed by atoms with E-state index in [0.717, 1.165) is 11.1 Å². The molecule has 5 nitrogen and oxygen atoms in total. The fourth-order valence-corrected chi connectivity index (χ4v) is 4.33. The van der Waals surface area contributed by atoms with Crippen LogP contribution in [-0.4, -0.2) is 45.8 Å². The minimum Gasteiger partial charge on any atom is -0.395 e. The molecular weight excluding hydrogens is 416 g/mol. The van der Waals surface area contributed by atoms with Crippen LogP contribution in [0.25, 0.3) is 6.08 Å². The van der Waals surface area contributed by atoms with Crippen LogP contribution in [0.3, 0.4) is 0 Å². The summed E-state index contributed by atoms with van der Waals surface area (Å²) in [5.74, 6) is -0.583. The van der Waals surface area contributed by atoms with Gasteiger partial charge in [-0.2, -0.15) is 0 Å². The minimum absolute atomic E-state index is 0.145. The molecule has 0 bridgehead atoms. The van der Waals surface area contributed by atoms with Crippen LogP contribution in [-0.2, 0) is 9.59 Å². The highest BCUT2D eigenvalue weighted by molar-refractivity contribution is 8.26. The van der Waals surface area contributed by atoms with E-state index >= 15 is 0 Å². The molecule has 0 spiro atoms. The Morgan fingerprint density at radius 1 is 1.13 bits per heavy atom. The van der Waals surface area contributed by atoms with Gasteiger partial charge in [0.1, 0.15) is 10.9 Å². The molecule has 0 atom stereocenters. The highest BCUT2D eigenvalue weighted by Gasteiger charge is 2.34. The van der Waals surface area contributed by atoms with Crippen molar-refractivity contribution in [2.45, 2.75) is 6.92 Å². The van der Waals surface area contributed by atoms with E-state index in [1.807, 2.05) is 61.5 Å². The molecule has 2 amide bonds. The summed E-state index contributed by atoms with van der Waals surface area (Å²) in [7, 11) is 0. The number of rotatable bonds is 7. The first kappa shape index (κ1) is 22.0. The molecule has 7 heteroatoms. The van der Waals surface area contributed by atoms with Crippen molar-refractivity contribution in [2.75, 3.05) is 24.6 Å². The summed E-state index contributed by atoms with van der Waals surface area (Å²) in [4.78, 5) is 29.0. The predicted molar refractivity (Wildman–Crippen MR) is 126 cm³/mol. The third-order valence-electron chi connectivity index (χ3n) is 4.41. The van der Waals surface area contributed by atoms with E-state index in [4.69, 9.17) is 12.2 Å². The summed E-state index contributed by atoms with van der Waals surface area (Å²) in [6, 6.07) is 18.9. The lowest BCUT2D eigenvalue weighted by atomic mass is 10.1. The number of aliphatic hydroxyl groups is 1. The Labute approximate surface area is 185 Å². The molecule has 1 aliphatic heterocycles. The molecule has 0 radical (unpaired) electrons. The van der Waals surface area contributed by atoms with Crippen molar-refractivity contribution >= 4 is 51.9 Å². The number of thiocarbonyl (C=S) groups is 1. The van der Waals surface area contributed by atoms with Crippen LogP contribution in [0.4, 0.5) is 5.69 Å². The number of nitrogens with zero attached hydrogens (tertiary/aromatic N) is 2. The quantitative estimate of drug-likeness (QED) is 0.525. The van der Waals surface area contributed by atoms with E-state index in [1.165, 1.54) is 21.6 Å². The number of carbonyl (C=O) groups excluding carboxylic acids is 2. The third kappa shape index (κ3) is 5.44. The number of benzene rings is 2. The zero-order valence-corrected chi connectivity index (χ0v) is 18.2. The van der Waals surface area contributed by atoms with E-state index in [2.05, 4.69) is 0 Å². The lowest BCUT2D eigenvalue weighted by Crippen LogP contribution is -2.43. The van der Waals surface area contributed by atoms with Gasteiger partial charge in [-0.25, -0.2) is 0 Å². The number of para-hydroxylation sites is 1. The van der Waals surface area contributed by atoms with Gasteiger partial charge in [-0.3, -0.25) is 14.5 Å². The largest absolute Gasteiger partial charge is 0.395 e. The Morgan fingerprint density at radius 2 is 1.77 bits per heavy atom. The van der Waals surface area contributed by atoms with Gasteiger partial charge in [-0.05, 0) is 36.3 Å². The van der Waals surface area contributed by atoms with Crippen LogP contribution in [0.15, 0.2) is 77.2 Å². The molecule has 1 N–H and O–H groups in total. The number of amides is 2. The molecule has 0 unspecified atom stereocenters. The second kappa shape index (κ2) is 10.3. The zero-order valence-electron chi connectivity index (χ0n) is 16.5. The van der Waals surface area contributed by atoms with Crippen molar-refractivity contribution in [2.24, 2.45) is 0 Å². The number of hydrogen-bond donors (Lipinski definition) is 1. The van der Waals surface area contributed by atoms with E-state index < -0.39 is 0 Å². The van der Waals surface area contributed by atoms with Gasteiger partial charge in [-0.1, -0.05) is 78.6 Å². The van der Waals surface area contributed by atoms with Gasteiger partial charge in [0.25, 0.3) is 5.91 Å². The molecule has 2 aromatic rings. The second-order valence-corrected chi connectivity index (χ2v) is 8.35. The number of thioether (sulfide) groups is 1. The first-order valence-electron chi connectivity index (χ1n) is 9.44. The lowest BCUT2D eigenvalue weighted by Gasteiger charge is -2.24. The molecule has 0 saturated carbocycles. The van der Waals surface area contributed by atoms with Gasteiger partial charge >= 0.3 is 0 Å². The maximum absolute atomic E-state index is 12.9. The second-order valence-electron chi connectivity index (χ2n) is 6.67. The number of anilines is 1. The van der Waals surface area contributed by atoms with E-state index in [1.54, 1.807) is 18.2 Å². The summed E-state index contributed by atoms with van der Waals surface area (Å²) in [5, 5.41) is 9.35. The SMILES string of the molecule is CC(=C\c1ccccc1)/C=C1/SC(=S)N(CC(=O)N(CCO)c2ccccc2)C1=O. The predicted octanol–water partition coefficient (Wildman–Crippen LogP) is 3.86. The summed E-state index contributed by atoms with van der Waals surface area (Å²) in [6.45, 7) is 1.72. The molecule has 1 heterocycles.